The Balaban J connectivity index is 2.47. The van der Waals surface area contributed by atoms with E-state index in [1.165, 1.54) is 10.6 Å². The third kappa shape index (κ3) is 3.45. The second-order valence-corrected chi connectivity index (χ2v) is 4.52. The molecule has 2 aromatic rings. The van der Waals surface area contributed by atoms with Gasteiger partial charge in [-0.25, -0.2) is 0 Å². The minimum absolute atomic E-state index is 0.0885. The summed E-state index contributed by atoms with van der Waals surface area (Å²) in [5, 5.41) is 10.1. The molecular weight excluding hydrogens is 286 g/mol. The molecule has 21 heavy (non-hydrogen) atoms. The van der Waals surface area contributed by atoms with Gasteiger partial charge >= 0.3 is 0 Å². The number of aromatic amines is 1. The van der Waals surface area contributed by atoms with Gasteiger partial charge in [-0.1, -0.05) is 12.1 Å². The van der Waals surface area contributed by atoms with Crippen molar-refractivity contribution < 1.29 is 5.11 Å². The van der Waals surface area contributed by atoms with Crippen LogP contribution in [0.5, 0.6) is 5.88 Å². The molecular formula is C15H13N3O2S. The van der Waals surface area contributed by atoms with Crippen molar-refractivity contribution in [2.75, 3.05) is 0 Å². The number of rotatable bonds is 4. The van der Waals surface area contributed by atoms with Gasteiger partial charge in [0.05, 0.1) is 0 Å². The lowest BCUT2D eigenvalue weighted by atomic mass is 10.2. The molecule has 0 radical (unpaired) electrons. The van der Waals surface area contributed by atoms with Crippen LogP contribution in [0, 0.1) is 4.77 Å². The van der Waals surface area contributed by atoms with E-state index in [1.54, 1.807) is 30.6 Å². The van der Waals surface area contributed by atoms with Crippen LogP contribution in [0.25, 0.3) is 12.2 Å². The second kappa shape index (κ2) is 6.65. The highest BCUT2D eigenvalue weighted by Gasteiger charge is 2.08. The smallest absolute Gasteiger partial charge is 0.263 e. The van der Waals surface area contributed by atoms with Crippen molar-refractivity contribution in [2.45, 2.75) is 6.54 Å². The van der Waals surface area contributed by atoms with E-state index >= 15 is 0 Å². The van der Waals surface area contributed by atoms with E-state index in [2.05, 4.69) is 22.3 Å². The van der Waals surface area contributed by atoms with E-state index in [0.29, 0.717) is 6.54 Å². The Morgan fingerprint density at radius 1 is 1.52 bits per heavy atom. The van der Waals surface area contributed by atoms with Crippen molar-refractivity contribution in [1.82, 2.24) is 14.5 Å². The maximum absolute atomic E-state index is 11.8. The summed E-state index contributed by atoms with van der Waals surface area (Å²) in [5.74, 6) is -0.212. The molecule has 5 nitrogen and oxygen atoms in total. The first-order valence-electron chi connectivity index (χ1n) is 6.13. The number of nitrogens with one attached hydrogen (secondary N) is 1. The Labute approximate surface area is 126 Å². The molecule has 0 atom stereocenters. The van der Waals surface area contributed by atoms with E-state index < -0.39 is 5.56 Å². The van der Waals surface area contributed by atoms with Crippen molar-refractivity contribution in [1.29, 1.82) is 0 Å². The summed E-state index contributed by atoms with van der Waals surface area (Å²) in [5.41, 5.74) is 3.30. The first-order valence-corrected chi connectivity index (χ1v) is 6.54. The molecule has 0 aromatic carbocycles. The van der Waals surface area contributed by atoms with Gasteiger partial charge in [0.15, 0.2) is 4.77 Å². The number of pyridine rings is 1. The predicted molar refractivity (Wildman–Crippen MR) is 84.4 cm³/mol. The highest BCUT2D eigenvalue weighted by molar-refractivity contribution is 7.71. The van der Waals surface area contributed by atoms with Crippen LogP contribution < -0.4 is 5.56 Å². The van der Waals surface area contributed by atoms with Crippen LogP contribution in [0.15, 0.2) is 47.7 Å². The Morgan fingerprint density at radius 3 is 3.00 bits per heavy atom. The molecule has 0 fully saturated rings. The Hall–Kier alpha value is -2.69. The molecule has 2 rings (SSSR count). The van der Waals surface area contributed by atoms with E-state index in [4.69, 9.17) is 12.2 Å². The average molecular weight is 299 g/mol. The van der Waals surface area contributed by atoms with Crippen molar-refractivity contribution >= 4 is 24.4 Å². The topological polar surface area (TPSA) is 70.9 Å². The number of nitrogens with zero attached hydrogens (tertiary/aromatic N) is 2. The van der Waals surface area contributed by atoms with Crippen LogP contribution in [0.4, 0.5) is 0 Å². The number of hydrogen-bond acceptors (Lipinski definition) is 4. The summed E-state index contributed by atoms with van der Waals surface area (Å²) in [6, 6.07) is 3.64. The van der Waals surface area contributed by atoms with Crippen LogP contribution in [0.3, 0.4) is 0 Å². The number of aromatic hydroxyl groups is 1. The van der Waals surface area contributed by atoms with Crippen molar-refractivity contribution in [3.63, 3.8) is 0 Å². The predicted octanol–water partition coefficient (Wildman–Crippen LogP) is 2.52. The molecule has 0 saturated carbocycles. The van der Waals surface area contributed by atoms with Crippen molar-refractivity contribution in [3.05, 3.63) is 69.2 Å². The monoisotopic (exact) mass is 299 g/mol. The standard InChI is InChI=1S/C15H13N3O2S/c1-2-9-18-14(20)12(13(19)17-15(18)21)7-3-5-11-6-4-8-16-10-11/h2,4-8,10,20H,1,9H2,(H,17,19,21). The van der Waals surface area contributed by atoms with Crippen LogP contribution in [-0.4, -0.2) is 19.6 Å². The number of aromatic nitrogens is 3. The highest BCUT2D eigenvalue weighted by Crippen LogP contribution is 2.14. The number of H-pyrrole nitrogens is 1. The number of allylic oxidation sites excluding steroid dienone is 1. The lowest BCUT2D eigenvalue weighted by molar-refractivity contribution is 0.413. The Kier molecular flexibility index (Phi) is 4.66. The lowest BCUT2D eigenvalue weighted by Gasteiger charge is -2.07. The van der Waals surface area contributed by atoms with Crippen molar-refractivity contribution in [2.24, 2.45) is 0 Å². The summed E-state index contributed by atoms with van der Waals surface area (Å²) in [4.78, 5) is 18.3. The molecule has 0 spiro atoms. The van der Waals surface area contributed by atoms with E-state index in [0.717, 1.165) is 5.56 Å². The summed E-state index contributed by atoms with van der Waals surface area (Å²) in [6.45, 7) is 3.88. The fraction of sp³-hybridized carbons (Fsp3) is 0.0667. The van der Waals surface area contributed by atoms with E-state index in [-0.39, 0.29) is 16.2 Å². The Morgan fingerprint density at radius 2 is 2.33 bits per heavy atom. The maximum Gasteiger partial charge on any atom is 0.263 e. The van der Waals surface area contributed by atoms with Gasteiger partial charge in [-0.3, -0.25) is 19.3 Å². The molecule has 0 aliphatic rings. The summed E-state index contributed by atoms with van der Waals surface area (Å²) >= 11 is 4.99. The molecule has 2 N–H and O–H groups in total. The van der Waals surface area contributed by atoms with Gasteiger partial charge in [0.2, 0.25) is 5.88 Å². The van der Waals surface area contributed by atoms with E-state index in [1.807, 2.05) is 6.07 Å². The molecule has 0 amide bonds. The molecule has 0 aliphatic carbocycles. The summed E-state index contributed by atoms with van der Waals surface area (Å²) < 4.78 is 1.52. The molecule has 0 unspecified atom stereocenters. The third-order valence-electron chi connectivity index (χ3n) is 2.68. The first-order chi connectivity index (χ1) is 10.1. The molecule has 2 aromatic heterocycles. The van der Waals surface area contributed by atoms with Crippen LogP contribution in [0.2, 0.25) is 0 Å². The summed E-state index contributed by atoms with van der Waals surface area (Å²) in [6.07, 6.45) is 7.96. The fourth-order valence-electron chi connectivity index (χ4n) is 1.69. The highest BCUT2D eigenvalue weighted by atomic mass is 32.1. The van der Waals surface area contributed by atoms with E-state index in [9.17, 15) is 9.90 Å². The van der Waals surface area contributed by atoms with Gasteiger partial charge in [0.25, 0.3) is 5.56 Å². The SMILES string of the molecule is C=CCn1c(O)c(C=C=Cc2cccnc2)c(=O)[nH]c1=S. The van der Waals surface area contributed by atoms with Crippen LogP contribution in [0.1, 0.15) is 11.1 Å². The van der Waals surface area contributed by atoms with Crippen LogP contribution in [-0.2, 0) is 6.54 Å². The maximum atomic E-state index is 11.8. The third-order valence-corrected chi connectivity index (χ3v) is 3.00. The second-order valence-electron chi connectivity index (χ2n) is 4.14. The Bertz CT molecular complexity index is 828. The van der Waals surface area contributed by atoms with Gasteiger partial charge < -0.3 is 5.11 Å². The fourth-order valence-corrected chi connectivity index (χ4v) is 1.94. The minimum Gasteiger partial charge on any atom is -0.494 e. The zero-order valence-electron chi connectivity index (χ0n) is 11.1. The van der Waals surface area contributed by atoms with Gasteiger partial charge in [0.1, 0.15) is 5.56 Å². The molecule has 6 heteroatoms. The zero-order valence-corrected chi connectivity index (χ0v) is 11.9. The number of hydrogen-bond donors (Lipinski definition) is 2. The molecule has 0 aliphatic heterocycles. The normalized spacial score (nSPS) is 9.71. The van der Waals surface area contributed by atoms with Crippen molar-refractivity contribution in [3.8, 4) is 5.88 Å². The quantitative estimate of drug-likeness (QED) is 0.517. The first kappa shape index (κ1) is 14.7. The molecule has 2 heterocycles. The lowest BCUT2D eigenvalue weighted by Crippen LogP contribution is -2.16. The molecule has 106 valence electrons. The largest absolute Gasteiger partial charge is 0.494 e. The van der Waals surface area contributed by atoms with Gasteiger partial charge in [-0.2, -0.15) is 0 Å². The zero-order chi connectivity index (χ0) is 15.2. The van der Waals surface area contributed by atoms with Gasteiger partial charge in [-0.05, 0) is 30.4 Å². The van der Waals surface area contributed by atoms with Gasteiger partial charge in [0, 0.05) is 24.5 Å². The van der Waals surface area contributed by atoms with Crippen LogP contribution >= 0.6 is 12.2 Å². The average Bonchev–Trinajstić information content (AvgIpc) is 2.48. The van der Waals surface area contributed by atoms with Gasteiger partial charge in [-0.15, -0.1) is 12.3 Å². The summed E-state index contributed by atoms with van der Waals surface area (Å²) in [7, 11) is 0. The minimum atomic E-state index is -0.468. The molecule has 0 saturated heterocycles. The molecule has 0 bridgehead atoms.